The average molecular weight is 265 g/mol. The van der Waals surface area contributed by atoms with E-state index in [4.69, 9.17) is 0 Å². The summed E-state index contributed by atoms with van der Waals surface area (Å²) in [7, 11) is 0. The van der Waals surface area contributed by atoms with Crippen molar-refractivity contribution in [2.24, 2.45) is 0 Å². The summed E-state index contributed by atoms with van der Waals surface area (Å²) >= 11 is 0. The Morgan fingerprint density at radius 2 is 2.16 bits per heavy atom. The van der Waals surface area contributed by atoms with Gasteiger partial charge in [-0.3, -0.25) is 10.1 Å². The monoisotopic (exact) mass is 265 g/mol. The van der Waals surface area contributed by atoms with Crippen LogP contribution in [-0.2, 0) is 0 Å². The molecule has 104 valence electrons. The molecular weight excluding hydrogens is 246 g/mol. The maximum absolute atomic E-state index is 11.3. The Labute approximate surface area is 112 Å². The molecule has 1 saturated heterocycles. The lowest BCUT2D eigenvalue weighted by atomic mass is 10.1. The molecule has 0 saturated carbocycles. The minimum absolute atomic E-state index is 0.126. The Hall–Kier alpha value is -1.82. The van der Waals surface area contributed by atoms with Crippen molar-refractivity contribution in [1.82, 2.24) is 0 Å². The normalized spacial score (nSPS) is 16.4. The third-order valence-corrected chi connectivity index (χ3v) is 3.37. The lowest BCUT2D eigenvalue weighted by Crippen LogP contribution is -2.36. The van der Waals surface area contributed by atoms with Crippen molar-refractivity contribution in [2.45, 2.75) is 25.9 Å². The van der Waals surface area contributed by atoms with Gasteiger partial charge in [-0.05, 0) is 31.9 Å². The van der Waals surface area contributed by atoms with E-state index in [-0.39, 0.29) is 16.7 Å². The van der Waals surface area contributed by atoms with Crippen LogP contribution in [-0.4, -0.2) is 35.8 Å². The van der Waals surface area contributed by atoms with E-state index in [0.29, 0.717) is 43.9 Å². The summed E-state index contributed by atoms with van der Waals surface area (Å²) in [6.45, 7) is 3.85. The second-order valence-corrected chi connectivity index (χ2v) is 4.68. The molecule has 0 radical (unpaired) electrons. The summed E-state index contributed by atoms with van der Waals surface area (Å²) in [6.07, 6.45) is 1.03. The second-order valence-electron chi connectivity index (χ2n) is 4.68. The van der Waals surface area contributed by atoms with Crippen LogP contribution < -0.4 is 10.2 Å². The highest BCUT2D eigenvalue weighted by Gasteiger charge is 2.26. The lowest BCUT2D eigenvalue weighted by Gasteiger charge is -2.31. The third kappa shape index (κ3) is 2.96. The van der Waals surface area contributed by atoms with Gasteiger partial charge in [0.2, 0.25) is 0 Å². The number of para-hydroxylation sites is 1. The summed E-state index contributed by atoms with van der Waals surface area (Å²) in [5.41, 5.74) is 1.31. The number of nitrogens with zero attached hydrogens (tertiary/aromatic N) is 2. The number of rotatable bonds is 4. The largest absolute Gasteiger partial charge is 0.393 e. The highest BCUT2D eigenvalue weighted by atomic mass is 16.6. The van der Waals surface area contributed by atoms with Crippen LogP contribution in [0.1, 0.15) is 19.8 Å². The van der Waals surface area contributed by atoms with E-state index in [1.807, 2.05) is 17.9 Å². The van der Waals surface area contributed by atoms with E-state index >= 15 is 0 Å². The van der Waals surface area contributed by atoms with E-state index in [0.717, 1.165) is 0 Å². The molecule has 1 heterocycles. The Morgan fingerprint density at radius 3 is 2.74 bits per heavy atom. The number of nitro benzene ring substituents is 1. The molecule has 19 heavy (non-hydrogen) atoms. The van der Waals surface area contributed by atoms with Gasteiger partial charge in [-0.15, -0.1) is 0 Å². The van der Waals surface area contributed by atoms with Gasteiger partial charge in [-0.25, -0.2) is 0 Å². The van der Waals surface area contributed by atoms with Crippen molar-refractivity contribution in [1.29, 1.82) is 0 Å². The zero-order chi connectivity index (χ0) is 13.8. The Kier molecular flexibility index (Phi) is 4.21. The number of hydrogen-bond donors (Lipinski definition) is 2. The predicted molar refractivity (Wildman–Crippen MR) is 74.7 cm³/mol. The predicted octanol–water partition coefficient (Wildman–Crippen LogP) is 1.99. The molecule has 0 bridgehead atoms. The van der Waals surface area contributed by atoms with E-state index in [9.17, 15) is 15.2 Å². The molecule has 1 aromatic rings. The molecule has 0 aromatic heterocycles. The van der Waals surface area contributed by atoms with E-state index in [1.54, 1.807) is 12.1 Å². The van der Waals surface area contributed by atoms with Gasteiger partial charge in [0.1, 0.15) is 11.4 Å². The number of anilines is 2. The molecule has 0 aliphatic carbocycles. The Balaban J connectivity index is 2.33. The minimum Gasteiger partial charge on any atom is -0.393 e. The van der Waals surface area contributed by atoms with E-state index in [2.05, 4.69) is 5.32 Å². The van der Waals surface area contributed by atoms with Gasteiger partial charge in [-0.1, -0.05) is 6.07 Å². The number of hydrogen-bond acceptors (Lipinski definition) is 5. The maximum atomic E-state index is 11.3. The first-order chi connectivity index (χ1) is 9.13. The average Bonchev–Trinajstić information content (AvgIpc) is 2.39. The molecule has 2 N–H and O–H groups in total. The van der Waals surface area contributed by atoms with E-state index in [1.165, 1.54) is 0 Å². The molecule has 2 rings (SSSR count). The van der Waals surface area contributed by atoms with Gasteiger partial charge in [0, 0.05) is 19.6 Å². The smallest absolute Gasteiger partial charge is 0.315 e. The highest BCUT2D eigenvalue weighted by molar-refractivity contribution is 5.77. The minimum atomic E-state index is -0.335. The fraction of sp³-hybridized carbons (Fsp3) is 0.538. The lowest BCUT2D eigenvalue weighted by molar-refractivity contribution is -0.383. The fourth-order valence-corrected chi connectivity index (χ4v) is 2.42. The number of aliphatic hydroxyl groups is 1. The SMILES string of the molecule is CCNc1cccc(N2CCC(O)CC2)c1[N+](=O)[O-]. The topological polar surface area (TPSA) is 78.6 Å². The number of piperidine rings is 1. The number of nitro groups is 1. The maximum Gasteiger partial charge on any atom is 0.315 e. The van der Waals surface area contributed by atoms with Crippen molar-refractivity contribution in [3.63, 3.8) is 0 Å². The van der Waals surface area contributed by atoms with Crippen LogP contribution in [0.5, 0.6) is 0 Å². The van der Waals surface area contributed by atoms with Crippen LogP contribution in [0.25, 0.3) is 0 Å². The van der Waals surface area contributed by atoms with E-state index < -0.39 is 0 Å². The quantitative estimate of drug-likeness (QED) is 0.643. The standard InChI is InChI=1S/C13H19N3O3/c1-2-14-11-4-3-5-12(13(11)16(18)19)15-8-6-10(17)7-9-15/h3-5,10,14,17H,2,6-9H2,1H3. The molecule has 0 atom stereocenters. The van der Waals surface area contributed by atoms with Gasteiger partial charge in [0.05, 0.1) is 11.0 Å². The molecule has 0 unspecified atom stereocenters. The summed E-state index contributed by atoms with van der Waals surface area (Å²) in [5.74, 6) is 0. The molecule has 6 heteroatoms. The zero-order valence-corrected chi connectivity index (χ0v) is 11.0. The molecule has 1 aliphatic heterocycles. The van der Waals surface area contributed by atoms with Crippen molar-refractivity contribution < 1.29 is 10.0 Å². The summed E-state index contributed by atoms with van der Waals surface area (Å²) in [5, 5.41) is 23.9. The van der Waals surface area contributed by atoms with Crippen molar-refractivity contribution in [3.05, 3.63) is 28.3 Å². The fourth-order valence-electron chi connectivity index (χ4n) is 2.42. The van der Waals surface area contributed by atoms with Gasteiger partial charge in [0.25, 0.3) is 0 Å². The molecular formula is C13H19N3O3. The third-order valence-electron chi connectivity index (χ3n) is 3.37. The van der Waals surface area contributed by atoms with Crippen LogP contribution in [0.4, 0.5) is 17.1 Å². The first-order valence-electron chi connectivity index (χ1n) is 6.57. The van der Waals surface area contributed by atoms with Crippen molar-refractivity contribution >= 4 is 17.1 Å². The van der Waals surface area contributed by atoms with Crippen LogP contribution in [0.3, 0.4) is 0 Å². The van der Waals surface area contributed by atoms with Crippen molar-refractivity contribution in [2.75, 3.05) is 29.9 Å². The zero-order valence-electron chi connectivity index (χ0n) is 11.0. The molecule has 0 spiro atoms. The molecule has 0 amide bonds. The van der Waals surface area contributed by atoms with Gasteiger partial charge < -0.3 is 15.3 Å². The summed E-state index contributed by atoms with van der Waals surface area (Å²) in [6, 6.07) is 5.33. The second kappa shape index (κ2) is 5.88. The van der Waals surface area contributed by atoms with Gasteiger partial charge in [0.15, 0.2) is 0 Å². The summed E-state index contributed by atoms with van der Waals surface area (Å²) < 4.78 is 0. The number of aliphatic hydroxyl groups excluding tert-OH is 1. The van der Waals surface area contributed by atoms with Crippen molar-refractivity contribution in [3.8, 4) is 0 Å². The highest BCUT2D eigenvalue weighted by Crippen LogP contribution is 2.36. The van der Waals surface area contributed by atoms with Crippen LogP contribution in [0.15, 0.2) is 18.2 Å². The first kappa shape index (κ1) is 13.6. The molecule has 1 fully saturated rings. The summed E-state index contributed by atoms with van der Waals surface area (Å²) in [4.78, 5) is 13.0. The number of benzene rings is 1. The number of nitrogens with one attached hydrogen (secondary N) is 1. The van der Waals surface area contributed by atoms with Gasteiger partial charge >= 0.3 is 5.69 Å². The first-order valence-corrected chi connectivity index (χ1v) is 6.57. The van der Waals surface area contributed by atoms with Crippen LogP contribution in [0.2, 0.25) is 0 Å². The Morgan fingerprint density at radius 1 is 1.47 bits per heavy atom. The van der Waals surface area contributed by atoms with Crippen LogP contribution >= 0.6 is 0 Å². The molecule has 6 nitrogen and oxygen atoms in total. The Bertz CT molecular complexity index is 456. The molecule has 1 aliphatic rings. The van der Waals surface area contributed by atoms with Gasteiger partial charge in [-0.2, -0.15) is 0 Å². The van der Waals surface area contributed by atoms with Crippen LogP contribution in [0, 0.1) is 10.1 Å². The molecule has 1 aromatic carbocycles.